The van der Waals surface area contributed by atoms with Gasteiger partial charge in [0.1, 0.15) is 6.61 Å². The molecule has 0 atom stereocenters. The summed E-state index contributed by atoms with van der Waals surface area (Å²) >= 11 is 0. The zero-order chi connectivity index (χ0) is 9.78. The molecule has 13 heavy (non-hydrogen) atoms. The van der Waals surface area contributed by atoms with E-state index < -0.39 is 0 Å². The second kappa shape index (κ2) is 10.9. The number of rotatable bonds is 6. The predicted octanol–water partition coefficient (Wildman–Crippen LogP) is 1.03. The van der Waals surface area contributed by atoms with Gasteiger partial charge in [0.15, 0.2) is 0 Å². The van der Waals surface area contributed by atoms with Crippen molar-refractivity contribution in [3.8, 4) is 11.8 Å². The summed E-state index contributed by atoms with van der Waals surface area (Å²) in [4.78, 5) is 4.31. The van der Waals surface area contributed by atoms with Gasteiger partial charge in [0.2, 0.25) is 0 Å². The third-order valence-electron chi connectivity index (χ3n) is 1.14. The second-order valence-electron chi connectivity index (χ2n) is 2.14. The molecule has 0 fully saturated rings. The lowest BCUT2D eigenvalue weighted by Crippen LogP contribution is -2.07. The highest BCUT2D eigenvalue weighted by Crippen LogP contribution is 1.80. The first-order valence-electron chi connectivity index (χ1n) is 4.04. The Bertz CT molecular complexity index is 201. The first-order valence-corrected chi connectivity index (χ1v) is 4.04. The van der Waals surface area contributed by atoms with Gasteiger partial charge < -0.3 is 9.57 Å². The van der Waals surface area contributed by atoms with E-state index in [0.29, 0.717) is 19.8 Å². The predicted molar refractivity (Wildman–Crippen MR) is 52.7 cm³/mol. The zero-order valence-corrected chi connectivity index (χ0v) is 7.66. The molecule has 0 aromatic heterocycles. The Balaban J connectivity index is 3.19. The second-order valence-corrected chi connectivity index (χ2v) is 2.14. The molecule has 0 rings (SSSR count). The largest absolute Gasteiger partial charge is 0.366 e. The maximum atomic E-state index is 5.06. The summed E-state index contributed by atoms with van der Waals surface area (Å²) in [5.74, 6) is 10.6. The van der Waals surface area contributed by atoms with Crippen molar-refractivity contribution in [3.05, 3.63) is 24.8 Å². The maximum Gasteiger partial charge on any atom is 0.107 e. The molecule has 0 aromatic rings. The normalized spacial score (nSPS) is 9.62. The summed E-state index contributed by atoms with van der Waals surface area (Å²) in [6.07, 6.45) is 6.24. The summed E-state index contributed by atoms with van der Waals surface area (Å²) in [5, 5.41) is 0. The molecule has 0 saturated carbocycles. The fourth-order valence-electron chi connectivity index (χ4n) is 0.577. The van der Waals surface area contributed by atoms with Crippen molar-refractivity contribution in [1.29, 1.82) is 0 Å². The lowest BCUT2D eigenvalue weighted by Gasteiger charge is -1.95. The van der Waals surface area contributed by atoms with Crippen molar-refractivity contribution in [2.45, 2.75) is 6.42 Å². The average Bonchev–Trinajstić information content (AvgIpc) is 2.16. The van der Waals surface area contributed by atoms with Crippen LogP contribution in [0.4, 0.5) is 0 Å². The van der Waals surface area contributed by atoms with Crippen molar-refractivity contribution in [2.75, 3.05) is 19.8 Å². The van der Waals surface area contributed by atoms with Gasteiger partial charge in [-0.15, -0.1) is 0 Å². The van der Waals surface area contributed by atoms with Crippen LogP contribution in [0.1, 0.15) is 6.42 Å². The molecule has 2 N–H and O–H groups in total. The topological polar surface area (TPSA) is 44.5 Å². The molecule has 0 heterocycles. The van der Waals surface area contributed by atoms with E-state index in [2.05, 4.69) is 23.3 Å². The third-order valence-corrected chi connectivity index (χ3v) is 1.14. The average molecular weight is 181 g/mol. The van der Waals surface area contributed by atoms with Crippen LogP contribution in [0.15, 0.2) is 24.8 Å². The van der Waals surface area contributed by atoms with Crippen molar-refractivity contribution in [2.24, 2.45) is 5.90 Å². The molecule has 0 aliphatic carbocycles. The van der Waals surface area contributed by atoms with Crippen LogP contribution in [0.25, 0.3) is 0 Å². The molecule has 72 valence electrons. The number of ether oxygens (including phenoxy) is 1. The molecule has 0 spiro atoms. The monoisotopic (exact) mass is 181 g/mol. The number of allylic oxidation sites excluding steroid dienone is 3. The molecule has 0 saturated heterocycles. The van der Waals surface area contributed by atoms with E-state index in [9.17, 15) is 0 Å². The van der Waals surface area contributed by atoms with Crippen LogP contribution in [0.5, 0.6) is 0 Å². The van der Waals surface area contributed by atoms with E-state index >= 15 is 0 Å². The number of hydrogen-bond acceptors (Lipinski definition) is 3. The summed E-state index contributed by atoms with van der Waals surface area (Å²) in [5.41, 5.74) is 0. The van der Waals surface area contributed by atoms with E-state index in [1.54, 1.807) is 6.08 Å². The van der Waals surface area contributed by atoms with E-state index in [0.717, 1.165) is 6.42 Å². The first-order chi connectivity index (χ1) is 6.41. The standard InChI is InChI=1S/C10H15NO2/c1-2-3-4-5-6-7-8-12-9-10-13-11/h2-4H,1,5,8-11H2/b4-3-. The Morgan fingerprint density at radius 2 is 2.15 bits per heavy atom. The Morgan fingerprint density at radius 1 is 1.31 bits per heavy atom. The van der Waals surface area contributed by atoms with Gasteiger partial charge in [-0.2, -0.15) is 0 Å². The van der Waals surface area contributed by atoms with Crippen LogP contribution in [-0.4, -0.2) is 19.8 Å². The molecular formula is C10H15NO2. The van der Waals surface area contributed by atoms with Gasteiger partial charge in [0, 0.05) is 6.42 Å². The van der Waals surface area contributed by atoms with Gasteiger partial charge in [0.25, 0.3) is 0 Å². The SMILES string of the molecule is C=C/C=C\CC#CCOCCON. The molecule has 0 unspecified atom stereocenters. The Kier molecular flexibility index (Phi) is 10.0. The van der Waals surface area contributed by atoms with Gasteiger partial charge in [0.05, 0.1) is 13.2 Å². The lowest BCUT2D eigenvalue weighted by molar-refractivity contribution is 0.0604. The molecule has 0 aliphatic rings. The maximum absolute atomic E-state index is 5.06. The summed E-state index contributed by atoms with van der Waals surface area (Å²) in [6, 6.07) is 0. The van der Waals surface area contributed by atoms with Crippen LogP contribution >= 0.6 is 0 Å². The van der Waals surface area contributed by atoms with Crippen molar-refractivity contribution in [1.82, 2.24) is 0 Å². The van der Waals surface area contributed by atoms with Gasteiger partial charge in [-0.25, -0.2) is 5.90 Å². The van der Waals surface area contributed by atoms with E-state index in [-0.39, 0.29) is 0 Å². The van der Waals surface area contributed by atoms with Crippen LogP contribution in [0.3, 0.4) is 0 Å². The molecule has 0 bridgehead atoms. The highest BCUT2D eigenvalue weighted by Gasteiger charge is 1.81. The molecular weight excluding hydrogens is 166 g/mol. The minimum Gasteiger partial charge on any atom is -0.366 e. The van der Waals surface area contributed by atoms with Crippen molar-refractivity contribution >= 4 is 0 Å². The smallest absolute Gasteiger partial charge is 0.107 e. The summed E-state index contributed by atoms with van der Waals surface area (Å²) in [7, 11) is 0. The van der Waals surface area contributed by atoms with Crippen LogP contribution in [-0.2, 0) is 9.57 Å². The van der Waals surface area contributed by atoms with E-state index in [1.807, 2.05) is 12.2 Å². The van der Waals surface area contributed by atoms with Crippen LogP contribution in [0.2, 0.25) is 0 Å². The minimum absolute atomic E-state index is 0.401. The lowest BCUT2D eigenvalue weighted by atomic mass is 10.4. The van der Waals surface area contributed by atoms with Crippen LogP contribution < -0.4 is 5.90 Å². The van der Waals surface area contributed by atoms with Gasteiger partial charge in [-0.1, -0.05) is 36.6 Å². The van der Waals surface area contributed by atoms with Gasteiger partial charge in [-0.3, -0.25) is 0 Å². The third kappa shape index (κ3) is 10.9. The highest BCUT2D eigenvalue weighted by atomic mass is 16.6. The molecule has 0 aliphatic heterocycles. The van der Waals surface area contributed by atoms with Crippen LogP contribution in [0, 0.1) is 11.8 Å². The Morgan fingerprint density at radius 3 is 2.85 bits per heavy atom. The Labute approximate surface area is 79.2 Å². The molecule has 3 nitrogen and oxygen atoms in total. The molecule has 3 heteroatoms. The molecule has 0 aromatic carbocycles. The van der Waals surface area contributed by atoms with Crippen molar-refractivity contribution < 1.29 is 9.57 Å². The summed E-state index contributed by atoms with van der Waals surface area (Å²) < 4.78 is 5.06. The molecule has 0 amide bonds. The van der Waals surface area contributed by atoms with Gasteiger partial charge >= 0.3 is 0 Å². The minimum atomic E-state index is 0.401. The van der Waals surface area contributed by atoms with Crippen molar-refractivity contribution in [3.63, 3.8) is 0 Å². The zero-order valence-electron chi connectivity index (χ0n) is 7.66. The Hall–Kier alpha value is -1.08. The quantitative estimate of drug-likeness (QED) is 0.288. The van der Waals surface area contributed by atoms with Gasteiger partial charge in [-0.05, 0) is 0 Å². The summed E-state index contributed by atoms with van der Waals surface area (Å²) in [6.45, 7) is 4.85. The first kappa shape index (κ1) is 11.9. The van der Waals surface area contributed by atoms with E-state index in [4.69, 9.17) is 10.6 Å². The highest BCUT2D eigenvalue weighted by molar-refractivity contribution is 5.07. The fraction of sp³-hybridized carbons (Fsp3) is 0.400. The number of hydrogen-bond donors (Lipinski definition) is 1. The fourth-order valence-corrected chi connectivity index (χ4v) is 0.577. The molecule has 0 radical (unpaired) electrons. The number of nitrogens with two attached hydrogens (primary N) is 1. The van der Waals surface area contributed by atoms with E-state index in [1.165, 1.54) is 0 Å².